The zero-order chi connectivity index (χ0) is 22.7. The molecule has 0 bridgehead atoms. The van der Waals surface area contributed by atoms with Crippen molar-refractivity contribution < 1.29 is 9.59 Å². The number of likely N-dealkylation sites (tertiary alicyclic amines) is 1. The number of primary amides is 1. The van der Waals surface area contributed by atoms with Gasteiger partial charge in [0.25, 0.3) is 5.56 Å². The number of benzene rings is 2. The van der Waals surface area contributed by atoms with Crippen molar-refractivity contribution >= 4 is 34.5 Å². The Hall–Kier alpha value is -3.13. The molecular weight excluding hydrogens is 424 g/mol. The lowest BCUT2D eigenvalue weighted by molar-refractivity contribution is -0.132. The van der Waals surface area contributed by atoms with E-state index >= 15 is 0 Å². The first-order valence-electron chi connectivity index (χ1n) is 10.7. The third-order valence-corrected chi connectivity index (χ3v) is 6.96. The molecule has 166 valence electrons. The number of amides is 2. The quantitative estimate of drug-likeness (QED) is 0.460. The molecule has 7 nitrogen and oxygen atoms in total. The van der Waals surface area contributed by atoms with Gasteiger partial charge in [0.2, 0.25) is 11.8 Å². The number of carbonyl (C=O) groups is 2. The lowest BCUT2D eigenvalue weighted by atomic mass is 9.96. The van der Waals surface area contributed by atoms with Crippen LogP contribution >= 0.6 is 11.8 Å². The molecule has 2 aromatic carbocycles. The molecule has 0 spiro atoms. The smallest absolute Gasteiger partial charge is 0.262 e. The first kappa shape index (κ1) is 22.1. The van der Waals surface area contributed by atoms with Gasteiger partial charge in [0.05, 0.1) is 22.7 Å². The Morgan fingerprint density at radius 2 is 1.75 bits per heavy atom. The SMILES string of the molecule is C[C@@H](c1ccccc1)n1c(SCC(=O)N2CCC(C(N)=O)CC2)nc2ccccc2c1=O. The van der Waals surface area contributed by atoms with E-state index in [9.17, 15) is 14.4 Å². The first-order valence-corrected chi connectivity index (χ1v) is 11.7. The van der Waals surface area contributed by atoms with Crippen LogP contribution in [0.2, 0.25) is 0 Å². The van der Waals surface area contributed by atoms with Crippen LogP contribution in [0.3, 0.4) is 0 Å². The van der Waals surface area contributed by atoms with Crippen molar-refractivity contribution in [1.29, 1.82) is 0 Å². The van der Waals surface area contributed by atoms with Crippen LogP contribution in [-0.4, -0.2) is 45.1 Å². The van der Waals surface area contributed by atoms with Gasteiger partial charge in [-0.25, -0.2) is 4.98 Å². The van der Waals surface area contributed by atoms with Crippen molar-refractivity contribution in [2.45, 2.75) is 31.0 Å². The van der Waals surface area contributed by atoms with E-state index in [0.29, 0.717) is 42.0 Å². The summed E-state index contributed by atoms with van der Waals surface area (Å²) in [5, 5.41) is 1.07. The molecular formula is C24H26N4O3S. The summed E-state index contributed by atoms with van der Waals surface area (Å²) >= 11 is 1.28. The molecule has 2 amide bonds. The Morgan fingerprint density at radius 3 is 2.44 bits per heavy atom. The minimum atomic E-state index is -0.300. The number of aromatic nitrogens is 2. The molecule has 0 radical (unpaired) electrons. The highest BCUT2D eigenvalue weighted by Gasteiger charge is 2.26. The summed E-state index contributed by atoms with van der Waals surface area (Å²) in [5.74, 6) is -0.316. The molecule has 0 unspecified atom stereocenters. The summed E-state index contributed by atoms with van der Waals surface area (Å²) < 4.78 is 1.68. The Bertz CT molecular complexity index is 1190. The summed E-state index contributed by atoms with van der Waals surface area (Å²) in [6, 6.07) is 16.8. The second-order valence-electron chi connectivity index (χ2n) is 8.02. The number of rotatable bonds is 6. The molecule has 0 saturated carbocycles. The summed E-state index contributed by atoms with van der Waals surface area (Å²) in [7, 11) is 0. The summed E-state index contributed by atoms with van der Waals surface area (Å²) in [5.41, 5.74) is 6.88. The molecule has 32 heavy (non-hydrogen) atoms. The fraction of sp³-hybridized carbons (Fsp3) is 0.333. The van der Waals surface area contributed by atoms with Crippen molar-refractivity contribution in [3.05, 3.63) is 70.5 Å². The van der Waals surface area contributed by atoms with Crippen LogP contribution in [0.15, 0.2) is 64.5 Å². The number of para-hydroxylation sites is 1. The van der Waals surface area contributed by atoms with E-state index in [1.54, 1.807) is 15.5 Å². The van der Waals surface area contributed by atoms with E-state index in [2.05, 4.69) is 0 Å². The predicted octanol–water partition coefficient (Wildman–Crippen LogP) is 2.82. The second kappa shape index (κ2) is 9.56. The Kier molecular flexibility index (Phi) is 6.60. The molecule has 1 fully saturated rings. The van der Waals surface area contributed by atoms with Gasteiger partial charge in [-0.05, 0) is 37.5 Å². The molecule has 4 rings (SSSR count). The van der Waals surface area contributed by atoms with E-state index in [1.165, 1.54) is 11.8 Å². The molecule has 1 saturated heterocycles. The average molecular weight is 451 g/mol. The summed E-state index contributed by atoms with van der Waals surface area (Å²) in [6.07, 6.45) is 1.19. The number of hydrogen-bond donors (Lipinski definition) is 1. The Labute approximate surface area is 190 Å². The molecule has 1 aliphatic heterocycles. The number of nitrogens with zero attached hydrogens (tertiary/aromatic N) is 3. The predicted molar refractivity (Wildman–Crippen MR) is 125 cm³/mol. The molecule has 2 heterocycles. The maximum absolute atomic E-state index is 13.4. The zero-order valence-electron chi connectivity index (χ0n) is 17.9. The molecule has 1 aromatic heterocycles. The van der Waals surface area contributed by atoms with Crippen LogP contribution in [0, 0.1) is 5.92 Å². The molecule has 0 aliphatic carbocycles. The fourth-order valence-corrected chi connectivity index (χ4v) is 5.06. The number of carbonyl (C=O) groups excluding carboxylic acids is 2. The third-order valence-electron chi connectivity index (χ3n) is 6.02. The zero-order valence-corrected chi connectivity index (χ0v) is 18.8. The maximum atomic E-state index is 13.4. The first-order chi connectivity index (χ1) is 15.5. The lowest BCUT2D eigenvalue weighted by Crippen LogP contribution is -2.42. The van der Waals surface area contributed by atoms with Gasteiger partial charge >= 0.3 is 0 Å². The van der Waals surface area contributed by atoms with Gasteiger partial charge in [0, 0.05) is 19.0 Å². The van der Waals surface area contributed by atoms with E-state index in [0.717, 1.165) is 5.56 Å². The van der Waals surface area contributed by atoms with E-state index in [4.69, 9.17) is 10.7 Å². The molecule has 3 aromatic rings. The largest absolute Gasteiger partial charge is 0.369 e. The van der Waals surface area contributed by atoms with Gasteiger partial charge in [0.1, 0.15) is 0 Å². The monoisotopic (exact) mass is 450 g/mol. The number of thioether (sulfide) groups is 1. The number of nitrogens with two attached hydrogens (primary N) is 1. The van der Waals surface area contributed by atoms with Crippen LogP contribution in [0.1, 0.15) is 31.4 Å². The van der Waals surface area contributed by atoms with Crippen molar-refractivity contribution in [2.75, 3.05) is 18.8 Å². The van der Waals surface area contributed by atoms with E-state index in [1.807, 2.05) is 55.5 Å². The normalized spacial score (nSPS) is 15.6. The Morgan fingerprint density at radius 1 is 1.09 bits per heavy atom. The van der Waals surface area contributed by atoms with E-state index in [-0.39, 0.29) is 35.1 Å². The van der Waals surface area contributed by atoms with Gasteiger partial charge in [-0.1, -0.05) is 54.2 Å². The number of hydrogen-bond acceptors (Lipinski definition) is 5. The lowest BCUT2D eigenvalue weighted by Gasteiger charge is -2.30. The molecule has 1 aliphatic rings. The molecule has 8 heteroatoms. The van der Waals surface area contributed by atoms with Gasteiger partial charge < -0.3 is 10.6 Å². The van der Waals surface area contributed by atoms with Crippen molar-refractivity contribution in [2.24, 2.45) is 11.7 Å². The topological polar surface area (TPSA) is 98.3 Å². The number of piperidine rings is 1. The highest BCUT2D eigenvalue weighted by atomic mass is 32.2. The van der Waals surface area contributed by atoms with Gasteiger partial charge in [0.15, 0.2) is 5.16 Å². The van der Waals surface area contributed by atoms with E-state index < -0.39 is 0 Å². The van der Waals surface area contributed by atoms with Crippen LogP contribution < -0.4 is 11.3 Å². The van der Waals surface area contributed by atoms with Crippen molar-refractivity contribution in [3.63, 3.8) is 0 Å². The second-order valence-corrected chi connectivity index (χ2v) is 8.96. The summed E-state index contributed by atoms with van der Waals surface area (Å²) in [4.78, 5) is 44.1. The van der Waals surface area contributed by atoms with Crippen LogP contribution in [0.5, 0.6) is 0 Å². The van der Waals surface area contributed by atoms with Gasteiger partial charge in [-0.15, -0.1) is 0 Å². The summed E-state index contributed by atoms with van der Waals surface area (Å²) in [6.45, 7) is 3.00. The number of fused-ring (bicyclic) bond motifs is 1. The average Bonchev–Trinajstić information content (AvgIpc) is 2.83. The highest BCUT2D eigenvalue weighted by molar-refractivity contribution is 7.99. The van der Waals surface area contributed by atoms with Crippen molar-refractivity contribution in [1.82, 2.24) is 14.5 Å². The van der Waals surface area contributed by atoms with Gasteiger partial charge in [-0.3, -0.25) is 19.0 Å². The minimum absolute atomic E-state index is 0.0285. The minimum Gasteiger partial charge on any atom is -0.369 e. The van der Waals surface area contributed by atoms with Crippen LogP contribution in [0.4, 0.5) is 0 Å². The molecule has 2 N–H and O–H groups in total. The maximum Gasteiger partial charge on any atom is 0.262 e. The highest BCUT2D eigenvalue weighted by Crippen LogP contribution is 2.26. The fourth-order valence-electron chi connectivity index (χ4n) is 4.08. The molecule has 1 atom stereocenters. The standard InChI is InChI=1S/C24H26N4O3S/c1-16(17-7-3-2-4-8-17)28-23(31)19-9-5-6-10-20(19)26-24(28)32-15-21(29)27-13-11-18(12-14-27)22(25)30/h2-10,16,18H,11-15H2,1H3,(H2,25,30)/t16-/m0/s1. The van der Waals surface area contributed by atoms with Crippen LogP contribution in [0.25, 0.3) is 10.9 Å². The van der Waals surface area contributed by atoms with Crippen molar-refractivity contribution in [3.8, 4) is 0 Å². The van der Waals surface area contributed by atoms with Crippen LogP contribution in [-0.2, 0) is 9.59 Å². The van der Waals surface area contributed by atoms with Gasteiger partial charge in [-0.2, -0.15) is 0 Å². The third kappa shape index (κ3) is 4.55. The Balaban J connectivity index is 1.60.